The molecule has 0 radical (unpaired) electrons. The van der Waals surface area contributed by atoms with E-state index in [1.165, 1.54) is 29.2 Å². The summed E-state index contributed by atoms with van der Waals surface area (Å²) in [5.74, 6) is -1.74. The van der Waals surface area contributed by atoms with E-state index in [4.69, 9.17) is 0 Å². The van der Waals surface area contributed by atoms with Crippen LogP contribution in [0.15, 0.2) is 88.9 Å². The number of hydrazone groups is 1. The number of carbonyl (C=O) groups is 2. The molecule has 1 amide bonds. The van der Waals surface area contributed by atoms with E-state index >= 15 is 0 Å². The number of aryl methyl sites for hydroxylation is 2. The van der Waals surface area contributed by atoms with Gasteiger partial charge in [0.1, 0.15) is 5.75 Å². The molecule has 4 aromatic carbocycles. The van der Waals surface area contributed by atoms with Gasteiger partial charge in [-0.1, -0.05) is 30.3 Å². The van der Waals surface area contributed by atoms with Crippen molar-refractivity contribution in [1.82, 2.24) is 0 Å². The molecule has 202 valence electrons. The van der Waals surface area contributed by atoms with Crippen molar-refractivity contribution in [2.75, 3.05) is 16.6 Å². The SMILES string of the molecule is Cc1ccc(N2C(=O)/C(=N\Nc3cccc(-c4cccc(C(=O)O)c4)c3O)c3ccc(S(C)(=O)=O)cc32)cc1C. The first-order valence-corrected chi connectivity index (χ1v) is 14.1. The van der Waals surface area contributed by atoms with Gasteiger partial charge < -0.3 is 10.2 Å². The topological polar surface area (TPSA) is 136 Å². The number of aromatic carboxylic acids is 1. The van der Waals surface area contributed by atoms with Crippen molar-refractivity contribution in [3.05, 3.63) is 101 Å². The highest BCUT2D eigenvalue weighted by Crippen LogP contribution is 2.39. The number of carbonyl (C=O) groups excluding carboxylic acids is 1. The molecule has 1 heterocycles. The second kappa shape index (κ2) is 9.97. The van der Waals surface area contributed by atoms with Crippen LogP contribution in [0.2, 0.25) is 0 Å². The lowest BCUT2D eigenvalue weighted by molar-refractivity contribution is -0.111. The Kier molecular flexibility index (Phi) is 6.64. The second-order valence-corrected chi connectivity index (χ2v) is 11.5. The van der Waals surface area contributed by atoms with Crippen molar-refractivity contribution in [2.24, 2.45) is 5.10 Å². The zero-order valence-electron chi connectivity index (χ0n) is 21.8. The number of nitrogens with zero attached hydrogens (tertiary/aromatic N) is 2. The predicted octanol–water partition coefficient (Wildman–Crippen LogP) is 5.27. The van der Waals surface area contributed by atoms with Crippen LogP contribution in [0.25, 0.3) is 11.1 Å². The highest BCUT2D eigenvalue weighted by atomic mass is 32.2. The summed E-state index contributed by atoms with van der Waals surface area (Å²) in [6, 6.07) is 21.0. The van der Waals surface area contributed by atoms with Gasteiger partial charge in [0.25, 0.3) is 5.91 Å². The molecule has 0 fully saturated rings. The second-order valence-electron chi connectivity index (χ2n) is 9.52. The minimum atomic E-state index is -3.54. The van der Waals surface area contributed by atoms with E-state index in [-0.39, 0.29) is 27.6 Å². The summed E-state index contributed by atoms with van der Waals surface area (Å²) in [4.78, 5) is 26.6. The third-order valence-electron chi connectivity index (χ3n) is 6.79. The number of carboxylic acid groups (broad SMARTS) is 1. The summed E-state index contributed by atoms with van der Waals surface area (Å²) in [6.45, 7) is 3.88. The summed E-state index contributed by atoms with van der Waals surface area (Å²) >= 11 is 0. The molecule has 1 aliphatic heterocycles. The molecule has 0 unspecified atom stereocenters. The Hall–Kier alpha value is -4.96. The average Bonchev–Trinajstić information content (AvgIpc) is 3.19. The van der Waals surface area contributed by atoms with E-state index in [1.54, 1.807) is 42.5 Å². The van der Waals surface area contributed by atoms with E-state index in [2.05, 4.69) is 10.5 Å². The van der Waals surface area contributed by atoms with Crippen LogP contribution >= 0.6 is 0 Å². The van der Waals surface area contributed by atoms with Crippen LogP contribution in [-0.4, -0.2) is 42.5 Å². The summed E-state index contributed by atoms with van der Waals surface area (Å²) in [5.41, 5.74) is 7.30. The minimum Gasteiger partial charge on any atom is -0.505 e. The summed E-state index contributed by atoms with van der Waals surface area (Å²) < 4.78 is 24.6. The van der Waals surface area contributed by atoms with Crippen LogP contribution in [0, 0.1) is 13.8 Å². The van der Waals surface area contributed by atoms with Gasteiger partial charge in [-0.3, -0.25) is 15.1 Å². The Balaban J connectivity index is 1.57. The number of para-hydroxylation sites is 1. The standard InChI is InChI=1S/C30H25N3O6S/c1-17-10-11-21(14-18(17)2)33-26-16-22(40(3,38)39)12-13-24(26)27(29(33)35)32-31-25-9-5-8-23(28(25)34)19-6-4-7-20(15-19)30(36)37/h4-16,31,34H,1-3H3,(H,36,37)/b32-27-. The fourth-order valence-corrected chi connectivity index (χ4v) is 5.13. The van der Waals surface area contributed by atoms with Crippen LogP contribution in [0.1, 0.15) is 27.0 Å². The number of fused-ring (bicyclic) bond motifs is 1. The summed E-state index contributed by atoms with van der Waals surface area (Å²) in [6.07, 6.45) is 1.10. The normalized spacial score (nSPS) is 13.9. The molecule has 0 aromatic heterocycles. The third-order valence-corrected chi connectivity index (χ3v) is 7.90. The Morgan fingerprint density at radius 1 is 0.900 bits per heavy atom. The fraction of sp³-hybridized carbons (Fsp3) is 0.100. The minimum absolute atomic E-state index is 0.0333. The van der Waals surface area contributed by atoms with Crippen molar-refractivity contribution in [1.29, 1.82) is 0 Å². The van der Waals surface area contributed by atoms with Crippen LogP contribution in [0.3, 0.4) is 0 Å². The molecular weight excluding hydrogens is 530 g/mol. The maximum Gasteiger partial charge on any atom is 0.335 e. The number of phenolic OH excluding ortho intramolecular Hbond substituents is 1. The average molecular weight is 556 g/mol. The lowest BCUT2D eigenvalue weighted by Crippen LogP contribution is -2.26. The van der Waals surface area contributed by atoms with Gasteiger partial charge in [0.05, 0.1) is 21.8 Å². The number of phenols is 1. The van der Waals surface area contributed by atoms with Crippen LogP contribution in [-0.2, 0) is 14.6 Å². The molecule has 0 spiro atoms. The molecule has 0 bridgehead atoms. The fourth-order valence-electron chi connectivity index (χ4n) is 4.49. The molecule has 0 saturated heterocycles. The Morgan fingerprint density at radius 3 is 2.35 bits per heavy atom. The molecule has 5 rings (SSSR count). The van der Waals surface area contributed by atoms with E-state index < -0.39 is 21.7 Å². The third kappa shape index (κ3) is 4.80. The molecule has 9 nitrogen and oxygen atoms in total. The monoisotopic (exact) mass is 555 g/mol. The van der Waals surface area contributed by atoms with Crippen LogP contribution in [0.5, 0.6) is 5.75 Å². The van der Waals surface area contributed by atoms with E-state index in [9.17, 15) is 28.2 Å². The number of rotatable bonds is 6. The van der Waals surface area contributed by atoms with Crippen molar-refractivity contribution in [2.45, 2.75) is 18.7 Å². The molecule has 0 aliphatic carbocycles. The first kappa shape index (κ1) is 26.6. The first-order valence-electron chi connectivity index (χ1n) is 12.2. The lowest BCUT2D eigenvalue weighted by atomic mass is 10.0. The van der Waals surface area contributed by atoms with Crippen molar-refractivity contribution in [3.63, 3.8) is 0 Å². The first-order chi connectivity index (χ1) is 19.0. The molecule has 4 aromatic rings. The zero-order valence-corrected chi connectivity index (χ0v) is 22.7. The summed E-state index contributed by atoms with van der Waals surface area (Å²) in [5, 5.41) is 24.6. The maximum absolute atomic E-state index is 13.7. The number of hydrogen-bond donors (Lipinski definition) is 3. The number of anilines is 3. The van der Waals surface area contributed by atoms with Gasteiger partial charge in [0.15, 0.2) is 15.5 Å². The Labute approximate surface area is 230 Å². The molecule has 1 aliphatic rings. The van der Waals surface area contributed by atoms with Gasteiger partial charge in [-0.2, -0.15) is 5.10 Å². The Bertz CT molecular complexity index is 1850. The molecule has 10 heteroatoms. The van der Waals surface area contributed by atoms with Crippen molar-refractivity contribution in [3.8, 4) is 16.9 Å². The van der Waals surface area contributed by atoms with Crippen molar-refractivity contribution >= 4 is 44.5 Å². The van der Waals surface area contributed by atoms with Crippen LogP contribution < -0.4 is 10.3 Å². The number of sulfone groups is 1. The van der Waals surface area contributed by atoms with E-state index in [0.717, 1.165) is 17.4 Å². The van der Waals surface area contributed by atoms with Gasteiger partial charge in [-0.05, 0) is 79.1 Å². The molecule has 0 saturated carbocycles. The summed E-state index contributed by atoms with van der Waals surface area (Å²) in [7, 11) is -3.54. The maximum atomic E-state index is 13.7. The number of aromatic hydroxyl groups is 1. The van der Waals surface area contributed by atoms with Crippen LogP contribution in [0.4, 0.5) is 17.1 Å². The quantitative estimate of drug-likeness (QED) is 0.218. The number of hydrogen-bond acceptors (Lipinski definition) is 7. The van der Waals surface area contributed by atoms with Gasteiger partial charge in [0.2, 0.25) is 0 Å². The van der Waals surface area contributed by atoms with Gasteiger partial charge in [-0.15, -0.1) is 0 Å². The largest absolute Gasteiger partial charge is 0.505 e. The number of carboxylic acids is 1. The van der Waals surface area contributed by atoms with Gasteiger partial charge >= 0.3 is 5.97 Å². The molecule has 3 N–H and O–H groups in total. The number of benzene rings is 4. The number of amides is 1. The van der Waals surface area contributed by atoms with Gasteiger partial charge in [-0.25, -0.2) is 13.2 Å². The molecule has 0 atom stereocenters. The Morgan fingerprint density at radius 2 is 1.65 bits per heavy atom. The van der Waals surface area contributed by atoms with E-state index in [0.29, 0.717) is 28.1 Å². The zero-order chi connectivity index (χ0) is 28.8. The smallest absolute Gasteiger partial charge is 0.335 e. The molecular formula is C30H25N3O6S. The predicted molar refractivity (Wildman–Crippen MR) is 153 cm³/mol. The highest BCUT2D eigenvalue weighted by molar-refractivity contribution is 7.90. The lowest BCUT2D eigenvalue weighted by Gasteiger charge is -2.18. The van der Waals surface area contributed by atoms with Gasteiger partial charge in [0, 0.05) is 23.1 Å². The van der Waals surface area contributed by atoms with E-state index in [1.807, 2.05) is 26.0 Å². The molecule has 40 heavy (non-hydrogen) atoms. The van der Waals surface area contributed by atoms with Crippen molar-refractivity contribution < 1.29 is 28.2 Å². The highest BCUT2D eigenvalue weighted by Gasteiger charge is 2.36. The number of nitrogens with one attached hydrogen (secondary N) is 1.